The molecule has 0 radical (unpaired) electrons. The minimum Gasteiger partial charge on any atom is -0.618 e. The molecule has 0 saturated heterocycles. The highest BCUT2D eigenvalue weighted by atomic mass is 35.5. The van der Waals surface area contributed by atoms with Gasteiger partial charge in [-0.25, -0.2) is 9.18 Å². The van der Waals surface area contributed by atoms with Gasteiger partial charge in [-0.3, -0.25) is 4.79 Å². The van der Waals surface area contributed by atoms with Crippen molar-refractivity contribution >= 4 is 29.2 Å². The number of nitrogens with zero attached hydrogens (tertiary/aromatic N) is 1. The Hall–Kier alpha value is -3.83. The Kier molecular flexibility index (Phi) is 9.08. The van der Waals surface area contributed by atoms with Gasteiger partial charge < -0.3 is 25.5 Å². The van der Waals surface area contributed by atoms with Gasteiger partial charge in [0.2, 0.25) is 11.6 Å². The molecule has 1 amide bonds. The van der Waals surface area contributed by atoms with Gasteiger partial charge in [-0.15, -0.1) is 0 Å². The number of amides is 1. The maximum Gasteiger partial charge on any atom is 0.387 e. The number of carbonyl (C=O) groups is 2. The molecule has 218 valence electrons. The summed E-state index contributed by atoms with van der Waals surface area (Å²) in [6.07, 6.45) is 3.55. The molecule has 41 heavy (non-hydrogen) atoms. The van der Waals surface area contributed by atoms with Crippen molar-refractivity contribution in [3.8, 4) is 16.9 Å². The second-order valence-corrected chi connectivity index (χ2v) is 10.8. The first-order chi connectivity index (χ1) is 19.3. The van der Waals surface area contributed by atoms with E-state index in [0.29, 0.717) is 36.1 Å². The normalized spacial score (nSPS) is 19.5. The van der Waals surface area contributed by atoms with Gasteiger partial charge in [0, 0.05) is 11.8 Å². The Morgan fingerprint density at radius 2 is 1.80 bits per heavy atom. The van der Waals surface area contributed by atoms with Crippen molar-refractivity contribution in [2.45, 2.75) is 57.2 Å². The maximum absolute atomic E-state index is 14.9. The number of aromatic nitrogens is 1. The van der Waals surface area contributed by atoms with Crippen molar-refractivity contribution in [2.75, 3.05) is 5.32 Å². The lowest BCUT2D eigenvalue weighted by molar-refractivity contribution is -0.614. The zero-order valence-corrected chi connectivity index (χ0v) is 22.7. The fraction of sp³-hybridized carbons (Fsp3) is 0.345. The Bertz CT molecular complexity index is 1420. The van der Waals surface area contributed by atoms with E-state index in [1.54, 1.807) is 6.92 Å². The van der Waals surface area contributed by atoms with E-state index in [1.807, 2.05) is 0 Å². The molecule has 1 fully saturated rings. The summed E-state index contributed by atoms with van der Waals surface area (Å²) in [5.74, 6) is -4.18. The van der Waals surface area contributed by atoms with Crippen molar-refractivity contribution in [3.63, 3.8) is 0 Å². The number of hydrogen-bond acceptors (Lipinski definition) is 5. The molecule has 12 heteroatoms. The summed E-state index contributed by atoms with van der Waals surface area (Å²) in [5, 5.41) is 35.1. The summed E-state index contributed by atoms with van der Waals surface area (Å²) in [4.78, 5) is 24.7. The predicted octanol–water partition coefficient (Wildman–Crippen LogP) is 6.13. The van der Waals surface area contributed by atoms with E-state index in [2.05, 4.69) is 10.1 Å². The fourth-order valence-electron chi connectivity index (χ4n) is 5.06. The molecule has 1 aliphatic rings. The SMILES string of the molecule is CC1(O)CCC(C[C@@H](C(=O)Nc2ccc(C(=O)O)cc2)c2ccc(-c3c(OC(F)F)ccc(Cl)c3F)c[n+]2[O-])CC1. The van der Waals surface area contributed by atoms with Crippen LogP contribution < -0.4 is 14.8 Å². The Morgan fingerprint density at radius 3 is 2.39 bits per heavy atom. The summed E-state index contributed by atoms with van der Waals surface area (Å²) in [6, 6.07) is 10.3. The second kappa shape index (κ2) is 12.4. The molecule has 3 N–H and O–H groups in total. The van der Waals surface area contributed by atoms with Gasteiger partial charge in [0.1, 0.15) is 11.7 Å². The van der Waals surface area contributed by atoms with E-state index in [4.69, 9.17) is 16.7 Å². The number of aliphatic hydroxyl groups is 1. The molecular weight excluding hydrogens is 565 g/mol. The van der Waals surface area contributed by atoms with Crippen LogP contribution >= 0.6 is 11.6 Å². The van der Waals surface area contributed by atoms with E-state index < -0.39 is 47.1 Å². The molecule has 0 spiro atoms. The number of pyridine rings is 1. The summed E-state index contributed by atoms with van der Waals surface area (Å²) >= 11 is 5.86. The van der Waals surface area contributed by atoms with Crippen LogP contribution in [-0.4, -0.2) is 34.3 Å². The largest absolute Gasteiger partial charge is 0.618 e. The minimum atomic E-state index is -3.25. The highest BCUT2D eigenvalue weighted by molar-refractivity contribution is 6.31. The number of hydrogen-bond donors (Lipinski definition) is 3. The van der Waals surface area contributed by atoms with Crippen LogP contribution in [0.25, 0.3) is 11.1 Å². The third-order valence-electron chi connectivity index (χ3n) is 7.33. The third kappa shape index (κ3) is 7.28. The molecule has 1 heterocycles. The van der Waals surface area contributed by atoms with Gasteiger partial charge in [0.15, 0.2) is 12.0 Å². The van der Waals surface area contributed by atoms with E-state index >= 15 is 0 Å². The van der Waals surface area contributed by atoms with E-state index in [0.717, 1.165) is 18.3 Å². The highest BCUT2D eigenvalue weighted by Gasteiger charge is 2.35. The molecule has 0 unspecified atom stereocenters. The van der Waals surface area contributed by atoms with Gasteiger partial charge in [-0.05, 0) is 87.4 Å². The van der Waals surface area contributed by atoms with Crippen molar-refractivity contribution in [1.82, 2.24) is 0 Å². The topological polar surface area (TPSA) is 123 Å². The summed E-state index contributed by atoms with van der Waals surface area (Å²) in [6.45, 7) is -1.50. The summed E-state index contributed by atoms with van der Waals surface area (Å²) in [7, 11) is 0. The van der Waals surface area contributed by atoms with Crippen LogP contribution in [0.1, 0.15) is 61.0 Å². The Balaban J connectivity index is 1.68. The number of ether oxygens (including phenoxy) is 1. The number of carboxylic acid groups (broad SMARTS) is 1. The van der Waals surface area contributed by atoms with E-state index in [-0.39, 0.29) is 34.2 Å². The third-order valence-corrected chi connectivity index (χ3v) is 7.62. The molecule has 8 nitrogen and oxygen atoms in total. The summed E-state index contributed by atoms with van der Waals surface area (Å²) in [5.41, 5.74) is -0.936. The first-order valence-electron chi connectivity index (χ1n) is 12.9. The molecule has 2 aromatic carbocycles. The molecule has 0 aliphatic heterocycles. The summed E-state index contributed by atoms with van der Waals surface area (Å²) < 4.78 is 45.7. The number of carboxylic acids is 1. The molecule has 1 aromatic heterocycles. The standard InChI is InChI=1S/C29H28ClF3N2O6/c1-29(39)12-10-16(11-13-29)14-20(26(36)34-19-5-2-17(3-6-19)27(37)38)22-8-4-18(15-35(22)40)24-23(41-28(32)33)9-7-21(30)25(24)31/h2-9,15-16,20,28,39H,10-14H2,1H3,(H,34,36)(H,37,38)/t16?,20-,29?/m1/s1. The van der Waals surface area contributed by atoms with Crippen molar-refractivity contribution in [3.05, 3.63) is 82.0 Å². The molecular formula is C29H28ClF3N2O6. The number of nitrogens with one attached hydrogen (secondary N) is 1. The number of alkyl halides is 2. The molecule has 3 aromatic rings. The highest BCUT2D eigenvalue weighted by Crippen LogP contribution is 2.39. The van der Waals surface area contributed by atoms with Crippen LogP contribution in [-0.2, 0) is 4.79 Å². The monoisotopic (exact) mass is 592 g/mol. The predicted molar refractivity (Wildman–Crippen MR) is 144 cm³/mol. The van der Waals surface area contributed by atoms with Gasteiger partial charge >= 0.3 is 12.6 Å². The molecule has 4 rings (SSSR count). The van der Waals surface area contributed by atoms with Crippen LogP contribution in [0, 0.1) is 16.9 Å². The number of halogens is 4. The fourth-order valence-corrected chi connectivity index (χ4v) is 5.22. The van der Waals surface area contributed by atoms with Gasteiger partial charge in [0.25, 0.3) is 0 Å². The average Bonchev–Trinajstić information content (AvgIpc) is 2.90. The zero-order chi connectivity index (χ0) is 29.9. The van der Waals surface area contributed by atoms with Gasteiger partial charge in [-0.1, -0.05) is 11.6 Å². The van der Waals surface area contributed by atoms with Crippen LogP contribution in [0.15, 0.2) is 54.7 Å². The first kappa shape index (κ1) is 30.1. The Morgan fingerprint density at radius 1 is 1.15 bits per heavy atom. The lowest BCUT2D eigenvalue weighted by Crippen LogP contribution is -2.39. The number of benzene rings is 2. The van der Waals surface area contributed by atoms with E-state index in [1.165, 1.54) is 36.4 Å². The van der Waals surface area contributed by atoms with E-state index in [9.17, 15) is 33.1 Å². The zero-order valence-electron chi connectivity index (χ0n) is 22.0. The number of anilines is 1. The molecule has 1 atom stereocenters. The number of rotatable bonds is 9. The Labute approximate surface area is 238 Å². The second-order valence-electron chi connectivity index (χ2n) is 10.4. The molecule has 1 saturated carbocycles. The van der Waals surface area contributed by atoms with Crippen molar-refractivity contribution in [2.24, 2.45) is 5.92 Å². The van der Waals surface area contributed by atoms with Crippen molar-refractivity contribution in [1.29, 1.82) is 0 Å². The average molecular weight is 593 g/mol. The van der Waals surface area contributed by atoms with Crippen molar-refractivity contribution < 1.29 is 42.4 Å². The maximum atomic E-state index is 14.9. The number of carbonyl (C=O) groups excluding carboxylic acids is 1. The van der Waals surface area contributed by atoms with Gasteiger partial charge in [-0.2, -0.15) is 13.5 Å². The van der Waals surface area contributed by atoms with Crippen LogP contribution in [0.2, 0.25) is 5.02 Å². The molecule has 1 aliphatic carbocycles. The number of aromatic carboxylic acids is 1. The smallest absolute Gasteiger partial charge is 0.387 e. The van der Waals surface area contributed by atoms with Crippen LogP contribution in [0.4, 0.5) is 18.9 Å². The lowest BCUT2D eigenvalue weighted by Gasteiger charge is -2.34. The lowest BCUT2D eigenvalue weighted by atomic mass is 9.75. The van der Waals surface area contributed by atoms with Crippen LogP contribution in [0.3, 0.4) is 0 Å². The van der Waals surface area contributed by atoms with Gasteiger partial charge in [0.05, 0.1) is 27.3 Å². The minimum absolute atomic E-state index is 0.0106. The van der Waals surface area contributed by atoms with Crippen LogP contribution in [0.5, 0.6) is 5.75 Å². The molecule has 0 bridgehead atoms. The first-order valence-corrected chi connectivity index (χ1v) is 13.3. The quantitative estimate of drug-likeness (QED) is 0.203.